The van der Waals surface area contributed by atoms with Gasteiger partial charge in [-0.05, 0) is 30.2 Å². The fourth-order valence-corrected chi connectivity index (χ4v) is 6.10. The molecular weight excluding hydrogens is 549 g/mol. The van der Waals surface area contributed by atoms with Gasteiger partial charge in [0.05, 0.1) is 21.7 Å². The van der Waals surface area contributed by atoms with Crippen molar-refractivity contribution >= 4 is 68.9 Å². The minimum Gasteiger partial charge on any atom is -0.507 e. The molecule has 10 heteroatoms. The first-order valence-corrected chi connectivity index (χ1v) is 13.7. The van der Waals surface area contributed by atoms with E-state index in [-0.39, 0.29) is 21.5 Å². The number of aromatic nitrogens is 2. The van der Waals surface area contributed by atoms with Crippen molar-refractivity contribution in [2.45, 2.75) is 23.1 Å². The molecule has 1 N–H and O–H groups in total. The number of aliphatic hydroxyl groups is 1. The summed E-state index contributed by atoms with van der Waals surface area (Å²) in [6.07, 6.45) is 0. The Balaban J connectivity index is 1.57. The Morgan fingerprint density at radius 2 is 1.73 bits per heavy atom. The summed E-state index contributed by atoms with van der Waals surface area (Å²) in [4.78, 5) is 27.9. The molecule has 1 saturated heterocycles. The molecule has 4 aromatic rings. The fourth-order valence-electron chi connectivity index (χ4n) is 3.97. The molecule has 3 aromatic carbocycles. The van der Waals surface area contributed by atoms with Gasteiger partial charge in [0.15, 0.2) is 4.34 Å². The average molecular weight is 569 g/mol. The maximum atomic E-state index is 13.3. The lowest BCUT2D eigenvalue weighted by atomic mass is 9.95. The van der Waals surface area contributed by atoms with E-state index in [0.29, 0.717) is 26.2 Å². The third-order valence-electron chi connectivity index (χ3n) is 5.84. The number of ketones is 1. The molecule has 5 rings (SSSR count). The van der Waals surface area contributed by atoms with Gasteiger partial charge in [0, 0.05) is 11.3 Å². The van der Waals surface area contributed by atoms with Crippen molar-refractivity contribution in [2.75, 3.05) is 4.90 Å². The number of thioether (sulfide) groups is 1. The average Bonchev–Trinajstić information content (AvgIpc) is 3.47. The molecule has 1 unspecified atom stereocenters. The van der Waals surface area contributed by atoms with Crippen LogP contribution < -0.4 is 4.90 Å². The molecule has 37 heavy (non-hydrogen) atoms. The highest BCUT2D eigenvalue weighted by molar-refractivity contribution is 8.00. The first-order chi connectivity index (χ1) is 17.8. The minimum absolute atomic E-state index is 0.0547. The number of carbonyl (C=O) groups excluding carboxylic acids is 2. The fraction of sp³-hybridized carbons (Fsp3) is 0.111. The van der Waals surface area contributed by atoms with Crippen LogP contribution in [0.2, 0.25) is 10.0 Å². The highest BCUT2D eigenvalue weighted by Crippen LogP contribution is 2.45. The number of aliphatic hydroxyl groups excluding tert-OH is 1. The van der Waals surface area contributed by atoms with Crippen LogP contribution in [0.4, 0.5) is 5.13 Å². The topological polar surface area (TPSA) is 83.4 Å². The van der Waals surface area contributed by atoms with Crippen molar-refractivity contribution < 1.29 is 14.7 Å². The van der Waals surface area contributed by atoms with E-state index < -0.39 is 17.7 Å². The molecule has 0 radical (unpaired) electrons. The first-order valence-electron chi connectivity index (χ1n) is 11.2. The number of hydrogen-bond donors (Lipinski definition) is 1. The zero-order valence-corrected chi connectivity index (χ0v) is 22.5. The van der Waals surface area contributed by atoms with E-state index in [9.17, 15) is 14.7 Å². The minimum atomic E-state index is -0.962. The van der Waals surface area contributed by atoms with Crippen molar-refractivity contribution in [3.05, 3.63) is 111 Å². The van der Waals surface area contributed by atoms with Crippen molar-refractivity contribution in [3.63, 3.8) is 0 Å². The van der Waals surface area contributed by atoms with Crippen LogP contribution in [0, 0.1) is 6.92 Å². The van der Waals surface area contributed by atoms with Gasteiger partial charge in [-0.25, -0.2) is 0 Å². The van der Waals surface area contributed by atoms with Gasteiger partial charge in [0.2, 0.25) is 5.13 Å². The van der Waals surface area contributed by atoms with Crippen LogP contribution in [-0.2, 0) is 15.3 Å². The summed E-state index contributed by atoms with van der Waals surface area (Å²) in [7, 11) is 0. The molecule has 0 bridgehead atoms. The van der Waals surface area contributed by atoms with Gasteiger partial charge in [-0.15, -0.1) is 10.2 Å². The lowest BCUT2D eigenvalue weighted by Gasteiger charge is -2.22. The summed E-state index contributed by atoms with van der Waals surface area (Å²) >= 11 is 15.1. The number of halogens is 2. The molecule has 1 aliphatic heterocycles. The van der Waals surface area contributed by atoms with Gasteiger partial charge >= 0.3 is 5.91 Å². The van der Waals surface area contributed by atoms with Crippen LogP contribution in [0.3, 0.4) is 0 Å². The van der Waals surface area contributed by atoms with Crippen LogP contribution >= 0.6 is 46.3 Å². The molecule has 1 amide bonds. The summed E-state index contributed by atoms with van der Waals surface area (Å²) in [5.74, 6) is -1.22. The summed E-state index contributed by atoms with van der Waals surface area (Å²) in [6.45, 7) is 1.92. The predicted molar refractivity (Wildman–Crippen MR) is 148 cm³/mol. The molecule has 0 spiro atoms. The predicted octanol–water partition coefficient (Wildman–Crippen LogP) is 7.07. The van der Waals surface area contributed by atoms with Crippen LogP contribution in [0.1, 0.15) is 28.3 Å². The van der Waals surface area contributed by atoms with Crippen molar-refractivity contribution in [2.24, 2.45) is 0 Å². The van der Waals surface area contributed by atoms with Gasteiger partial charge < -0.3 is 5.11 Å². The molecule has 1 aliphatic rings. The maximum Gasteiger partial charge on any atom is 0.301 e. The van der Waals surface area contributed by atoms with Crippen molar-refractivity contribution in [3.8, 4) is 0 Å². The van der Waals surface area contributed by atoms with Gasteiger partial charge in [-0.3, -0.25) is 14.5 Å². The first kappa shape index (κ1) is 25.5. The largest absolute Gasteiger partial charge is 0.507 e. The Bertz CT molecular complexity index is 1520. The summed E-state index contributed by atoms with van der Waals surface area (Å²) in [5, 5.41) is 20.5. The third kappa shape index (κ3) is 5.15. The lowest BCUT2D eigenvalue weighted by molar-refractivity contribution is -0.132. The number of benzene rings is 3. The second-order valence-corrected chi connectivity index (χ2v) is 11.3. The standard InChI is InChI=1S/C27H19Cl2N3O3S2/c1-15-7-9-17(10-8-15)23(33)21-22(18-11-12-19(28)20(29)13-18)32(25(35)24(21)34)26-30-31-27(37-26)36-14-16-5-3-2-4-6-16/h2-13,22,33H,14H2,1H3/b23-21-. The second-order valence-electron chi connectivity index (χ2n) is 8.33. The molecule has 0 aliphatic carbocycles. The number of rotatable bonds is 6. The van der Waals surface area contributed by atoms with Crippen LogP contribution in [0.25, 0.3) is 5.76 Å². The van der Waals surface area contributed by atoms with E-state index in [4.69, 9.17) is 23.2 Å². The molecule has 1 aromatic heterocycles. The summed E-state index contributed by atoms with van der Waals surface area (Å²) < 4.78 is 0.646. The normalized spacial score (nSPS) is 16.9. The summed E-state index contributed by atoms with van der Waals surface area (Å²) in [5.41, 5.74) is 2.99. The second kappa shape index (κ2) is 10.7. The zero-order valence-electron chi connectivity index (χ0n) is 19.4. The van der Waals surface area contributed by atoms with E-state index in [1.54, 1.807) is 30.3 Å². The van der Waals surface area contributed by atoms with Crippen LogP contribution in [-0.4, -0.2) is 27.0 Å². The van der Waals surface area contributed by atoms with E-state index in [1.807, 2.05) is 49.4 Å². The van der Waals surface area contributed by atoms with E-state index in [0.717, 1.165) is 11.1 Å². The highest BCUT2D eigenvalue weighted by atomic mass is 35.5. The van der Waals surface area contributed by atoms with Gasteiger partial charge in [-0.1, -0.05) is 113 Å². The number of carbonyl (C=O) groups is 2. The van der Waals surface area contributed by atoms with Gasteiger partial charge in [0.25, 0.3) is 5.78 Å². The van der Waals surface area contributed by atoms with Crippen LogP contribution in [0.5, 0.6) is 0 Å². The van der Waals surface area contributed by atoms with Gasteiger partial charge in [-0.2, -0.15) is 0 Å². The Morgan fingerprint density at radius 1 is 1.00 bits per heavy atom. The molecule has 1 fully saturated rings. The molecule has 1 atom stereocenters. The Morgan fingerprint density at radius 3 is 2.43 bits per heavy atom. The molecule has 2 heterocycles. The molecule has 186 valence electrons. The van der Waals surface area contributed by atoms with E-state index >= 15 is 0 Å². The molecule has 6 nitrogen and oxygen atoms in total. The smallest absolute Gasteiger partial charge is 0.301 e. The Labute approximate surface area is 231 Å². The van der Waals surface area contributed by atoms with Crippen LogP contribution in [0.15, 0.2) is 82.7 Å². The number of aryl methyl sites for hydroxylation is 1. The van der Waals surface area contributed by atoms with E-state index in [2.05, 4.69) is 10.2 Å². The van der Waals surface area contributed by atoms with Crippen molar-refractivity contribution in [1.82, 2.24) is 10.2 Å². The number of amides is 1. The van der Waals surface area contributed by atoms with E-state index in [1.165, 1.54) is 28.0 Å². The summed E-state index contributed by atoms with van der Waals surface area (Å²) in [6, 6.07) is 20.8. The van der Waals surface area contributed by atoms with Gasteiger partial charge in [0.1, 0.15) is 5.76 Å². The Kier molecular flexibility index (Phi) is 7.35. The molecule has 0 saturated carbocycles. The monoisotopic (exact) mass is 567 g/mol. The maximum absolute atomic E-state index is 13.3. The highest BCUT2D eigenvalue weighted by Gasteiger charge is 2.48. The third-order valence-corrected chi connectivity index (χ3v) is 8.70. The van der Waals surface area contributed by atoms with Crippen molar-refractivity contribution in [1.29, 1.82) is 0 Å². The SMILES string of the molecule is Cc1ccc(/C(O)=C2/C(=O)C(=O)N(c3nnc(SCc4ccccc4)s3)C2c2ccc(Cl)c(Cl)c2)cc1. The quantitative estimate of drug-likeness (QED) is 0.0881. The number of hydrogen-bond acceptors (Lipinski definition) is 7. The lowest BCUT2D eigenvalue weighted by Crippen LogP contribution is -2.29. The molecular formula is C27H19Cl2N3O3S2. The Hall–Kier alpha value is -3.17. The number of anilines is 1. The number of nitrogens with zero attached hydrogens (tertiary/aromatic N) is 3. The zero-order chi connectivity index (χ0) is 26.1. The number of Topliss-reactive ketones (excluding diaryl/α,β-unsaturated/α-hetero) is 1.